The van der Waals surface area contributed by atoms with Crippen LogP contribution in [0.1, 0.15) is 44.4 Å². The number of morpholine rings is 1. The number of aliphatic hydroxyl groups excluding tert-OH is 1. The van der Waals surface area contributed by atoms with Crippen LogP contribution in [0, 0.1) is 0 Å². The molecule has 0 aromatic heterocycles. The predicted octanol–water partition coefficient (Wildman–Crippen LogP) is 2.74. The van der Waals surface area contributed by atoms with E-state index in [0.717, 1.165) is 44.8 Å². The van der Waals surface area contributed by atoms with Crippen molar-refractivity contribution in [2.75, 3.05) is 32.8 Å². The van der Waals surface area contributed by atoms with Crippen molar-refractivity contribution in [1.82, 2.24) is 4.90 Å². The van der Waals surface area contributed by atoms with Gasteiger partial charge in [0.1, 0.15) is 0 Å². The first-order valence-corrected chi connectivity index (χ1v) is 7.55. The number of benzene rings is 1. The Kier molecular flexibility index (Phi) is 5.19. The smallest absolute Gasteiger partial charge is 0.0802 e. The molecule has 0 bridgehead atoms. The van der Waals surface area contributed by atoms with E-state index < -0.39 is 0 Å². The third-order valence-corrected chi connectivity index (χ3v) is 3.98. The van der Waals surface area contributed by atoms with E-state index in [1.807, 2.05) is 0 Å². The van der Waals surface area contributed by atoms with Crippen molar-refractivity contribution in [3.05, 3.63) is 35.4 Å². The van der Waals surface area contributed by atoms with E-state index in [9.17, 15) is 5.11 Å². The van der Waals surface area contributed by atoms with Gasteiger partial charge in [-0.3, -0.25) is 4.90 Å². The van der Waals surface area contributed by atoms with Crippen LogP contribution >= 0.6 is 0 Å². The second-order valence-corrected chi connectivity index (χ2v) is 6.63. The molecule has 1 aromatic rings. The molecule has 1 fully saturated rings. The van der Waals surface area contributed by atoms with Crippen LogP contribution in [-0.2, 0) is 10.2 Å². The molecule has 0 radical (unpaired) electrons. The number of aliphatic hydroxyl groups is 1. The van der Waals surface area contributed by atoms with Gasteiger partial charge in [-0.15, -0.1) is 0 Å². The molecule has 112 valence electrons. The lowest BCUT2D eigenvalue weighted by molar-refractivity contribution is 0.0300. The Labute approximate surface area is 122 Å². The summed E-state index contributed by atoms with van der Waals surface area (Å²) in [7, 11) is 0. The van der Waals surface area contributed by atoms with Crippen molar-refractivity contribution in [3.63, 3.8) is 0 Å². The molecule has 3 nitrogen and oxygen atoms in total. The number of nitrogens with zero attached hydrogens (tertiary/aromatic N) is 1. The summed E-state index contributed by atoms with van der Waals surface area (Å²) in [4.78, 5) is 2.36. The first-order valence-electron chi connectivity index (χ1n) is 7.55. The van der Waals surface area contributed by atoms with Gasteiger partial charge in [-0.25, -0.2) is 0 Å². The molecule has 1 atom stereocenters. The van der Waals surface area contributed by atoms with Gasteiger partial charge in [0.05, 0.1) is 19.3 Å². The third kappa shape index (κ3) is 4.30. The Morgan fingerprint density at radius 2 is 1.75 bits per heavy atom. The standard InChI is InChI=1S/C17H27NO2/c1-17(2,3)15-6-4-14(5-7-15)16(19)8-9-18-10-12-20-13-11-18/h4-7,16,19H,8-13H2,1-3H3. The Morgan fingerprint density at radius 3 is 2.30 bits per heavy atom. The molecule has 1 aliphatic heterocycles. The zero-order chi connectivity index (χ0) is 14.6. The topological polar surface area (TPSA) is 32.7 Å². The van der Waals surface area contributed by atoms with Crippen LogP contribution in [0.4, 0.5) is 0 Å². The Bertz CT molecular complexity index is 402. The SMILES string of the molecule is CC(C)(C)c1ccc(C(O)CCN2CCOCC2)cc1. The van der Waals surface area contributed by atoms with E-state index in [1.54, 1.807) is 0 Å². The number of hydrogen-bond acceptors (Lipinski definition) is 3. The van der Waals surface area contributed by atoms with Gasteiger partial charge in [0.15, 0.2) is 0 Å². The zero-order valence-electron chi connectivity index (χ0n) is 12.9. The lowest BCUT2D eigenvalue weighted by Gasteiger charge is -2.27. The summed E-state index contributed by atoms with van der Waals surface area (Å²) in [6.45, 7) is 11.1. The minimum absolute atomic E-state index is 0.164. The Morgan fingerprint density at radius 1 is 1.15 bits per heavy atom. The highest BCUT2D eigenvalue weighted by Crippen LogP contribution is 2.25. The molecule has 1 N–H and O–H groups in total. The molecule has 0 saturated carbocycles. The van der Waals surface area contributed by atoms with Crippen molar-refractivity contribution >= 4 is 0 Å². The lowest BCUT2D eigenvalue weighted by atomic mass is 9.86. The summed E-state index contributed by atoms with van der Waals surface area (Å²) in [5.41, 5.74) is 2.49. The van der Waals surface area contributed by atoms with E-state index in [0.29, 0.717) is 0 Å². The van der Waals surface area contributed by atoms with Gasteiger partial charge in [0.2, 0.25) is 0 Å². The fourth-order valence-electron chi connectivity index (χ4n) is 2.50. The highest BCUT2D eigenvalue weighted by Gasteiger charge is 2.16. The normalized spacial score (nSPS) is 19.0. The second kappa shape index (κ2) is 6.70. The summed E-state index contributed by atoms with van der Waals surface area (Å²) in [6.07, 6.45) is 0.418. The highest BCUT2D eigenvalue weighted by atomic mass is 16.5. The summed E-state index contributed by atoms with van der Waals surface area (Å²) in [5.74, 6) is 0. The molecule has 0 spiro atoms. The first-order chi connectivity index (χ1) is 9.47. The largest absolute Gasteiger partial charge is 0.388 e. The maximum Gasteiger partial charge on any atom is 0.0802 e. The maximum absolute atomic E-state index is 10.3. The fraction of sp³-hybridized carbons (Fsp3) is 0.647. The quantitative estimate of drug-likeness (QED) is 0.918. The molecule has 0 amide bonds. The maximum atomic E-state index is 10.3. The van der Waals surface area contributed by atoms with Crippen LogP contribution in [0.25, 0.3) is 0 Å². The van der Waals surface area contributed by atoms with E-state index >= 15 is 0 Å². The van der Waals surface area contributed by atoms with Crippen molar-refractivity contribution in [3.8, 4) is 0 Å². The predicted molar refractivity (Wildman–Crippen MR) is 82.0 cm³/mol. The van der Waals surface area contributed by atoms with E-state index in [4.69, 9.17) is 4.74 Å². The summed E-state index contributed by atoms with van der Waals surface area (Å²) in [6, 6.07) is 8.38. The van der Waals surface area contributed by atoms with E-state index in [2.05, 4.69) is 49.9 Å². The van der Waals surface area contributed by atoms with Gasteiger partial charge < -0.3 is 9.84 Å². The van der Waals surface area contributed by atoms with E-state index in [-0.39, 0.29) is 11.5 Å². The average Bonchev–Trinajstić information content (AvgIpc) is 2.45. The second-order valence-electron chi connectivity index (χ2n) is 6.63. The molecule has 3 heteroatoms. The third-order valence-electron chi connectivity index (χ3n) is 3.98. The summed E-state index contributed by atoms with van der Waals surface area (Å²) in [5, 5.41) is 10.3. The van der Waals surface area contributed by atoms with Gasteiger partial charge in [-0.2, -0.15) is 0 Å². The van der Waals surface area contributed by atoms with Gasteiger partial charge in [0.25, 0.3) is 0 Å². The minimum Gasteiger partial charge on any atom is -0.388 e. The molecular formula is C17H27NO2. The molecule has 20 heavy (non-hydrogen) atoms. The molecule has 1 aromatic carbocycles. The number of hydrogen-bond donors (Lipinski definition) is 1. The van der Waals surface area contributed by atoms with Gasteiger partial charge in [-0.1, -0.05) is 45.0 Å². The van der Waals surface area contributed by atoms with Crippen LogP contribution in [-0.4, -0.2) is 42.9 Å². The van der Waals surface area contributed by atoms with Crippen molar-refractivity contribution in [1.29, 1.82) is 0 Å². The van der Waals surface area contributed by atoms with Crippen LogP contribution in [0.5, 0.6) is 0 Å². The van der Waals surface area contributed by atoms with Crippen LogP contribution < -0.4 is 0 Å². The molecular weight excluding hydrogens is 250 g/mol. The summed E-state index contributed by atoms with van der Waals surface area (Å²) < 4.78 is 5.33. The lowest BCUT2D eigenvalue weighted by Crippen LogP contribution is -2.37. The molecule has 1 heterocycles. The monoisotopic (exact) mass is 277 g/mol. The van der Waals surface area contributed by atoms with Gasteiger partial charge in [-0.05, 0) is 23.0 Å². The average molecular weight is 277 g/mol. The Hall–Kier alpha value is -0.900. The highest BCUT2D eigenvalue weighted by molar-refractivity contribution is 5.28. The Balaban J connectivity index is 1.87. The molecule has 1 aliphatic rings. The fourth-order valence-corrected chi connectivity index (χ4v) is 2.50. The molecule has 2 rings (SSSR count). The zero-order valence-corrected chi connectivity index (χ0v) is 12.9. The molecule has 1 saturated heterocycles. The first kappa shape index (κ1) is 15.5. The van der Waals surface area contributed by atoms with Gasteiger partial charge in [0, 0.05) is 19.6 Å². The van der Waals surface area contributed by atoms with Crippen LogP contribution in [0.3, 0.4) is 0 Å². The van der Waals surface area contributed by atoms with Crippen LogP contribution in [0.2, 0.25) is 0 Å². The number of rotatable bonds is 4. The molecule has 1 unspecified atom stereocenters. The summed E-state index contributed by atoms with van der Waals surface area (Å²) >= 11 is 0. The van der Waals surface area contributed by atoms with Crippen molar-refractivity contribution in [2.45, 2.75) is 38.7 Å². The van der Waals surface area contributed by atoms with Crippen LogP contribution in [0.15, 0.2) is 24.3 Å². The number of ether oxygens (including phenoxy) is 1. The molecule has 0 aliphatic carbocycles. The minimum atomic E-state index is -0.369. The van der Waals surface area contributed by atoms with Gasteiger partial charge >= 0.3 is 0 Å². The van der Waals surface area contributed by atoms with E-state index in [1.165, 1.54) is 5.56 Å². The van der Waals surface area contributed by atoms with Crippen molar-refractivity contribution in [2.24, 2.45) is 0 Å². The van der Waals surface area contributed by atoms with Crippen molar-refractivity contribution < 1.29 is 9.84 Å².